The van der Waals surface area contributed by atoms with Crippen molar-refractivity contribution in [1.82, 2.24) is 9.97 Å². The van der Waals surface area contributed by atoms with Gasteiger partial charge in [0.2, 0.25) is 5.88 Å². The predicted molar refractivity (Wildman–Crippen MR) is 126 cm³/mol. The number of aromatic nitrogens is 2. The van der Waals surface area contributed by atoms with Gasteiger partial charge in [-0.3, -0.25) is 9.52 Å². The van der Waals surface area contributed by atoms with Gasteiger partial charge in [-0.1, -0.05) is 27.5 Å². The minimum atomic E-state index is -3.97. The molecule has 0 radical (unpaired) electrons. The van der Waals surface area contributed by atoms with Crippen LogP contribution < -0.4 is 24.2 Å². The number of carbonyl (C=O) groups excluding carboxylic acids is 1. The number of nitrogens with zero attached hydrogens (tertiary/aromatic N) is 2. The molecule has 174 valence electrons. The average molecular weight is 558 g/mol. The molecule has 13 heteroatoms. The van der Waals surface area contributed by atoms with Crippen LogP contribution in [-0.2, 0) is 14.8 Å². The van der Waals surface area contributed by atoms with E-state index in [0.717, 1.165) is 4.47 Å². The van der Waals surface area contributed by atoms with Crippen LogP contribution in [0.15, 0.2) is 57.9 Å². The van der Waals surface area contributed by atoms with Crippen LogP contribution in [-0.4, -0.2) is 45.1 Å². The Morgan fingerprint density at radius 1 is 1.06 bits per heavy atom. The second-order valence-corrected chi connectivity index (χ2v) is 9.33. The molecule has 0 bridgehead atoms. The van der Waals surface area contributed by atoms with Crippen molar-refractivity contribution in [3.8, 4) is 17.6 Å². The normalized spacial score (nSPS) is 10.9. The maximum Gasteiger partial charge on any atom is 0.321 e. The molecule has 33 heavy (non-hydrogen) atoms. The third-order valence-corrected chi connectivity index (χ3v) is 6.17. The predicted octanol–water partition coefficient (Wildman–Crippen LogP) is 3.73. The van der Waals surface area contributed by atoms with Gasteiger partial charge in [0, 0.05) is 16.2 Å². The molecule has 0 saturated carbocycles. The van der Waals surface area contributed by atoms with Gasteiger partial charge in [-0.15, -0.1) is 0 Å². The maximum atomic E-state index is 12.7. The van der Waals surface area contributed by atoms with Crippen LogP contribution in [0.4, 0.5) is 11.5 Å². The van der Waals surface area contributed by atoms with Crippen molar-refractivity contribution in [2.75, 3.05) is 30.9 Å². The lowest BCUT2D eigenvalue weighted by Gasteiger charge is -2.11. The number of sulfonamides is 1. The molecule has 0 saturated heterocycles. The van der Waals surface area contributed by atoms with E-state index in [-0.39, 0.29) is 29.2 Å². The molecule has 1 heterocycles. The van der Waals surface area contributed by atoms with Crippen LogP contribution in [0, 0.1) is 0 Å². The fourth-order valence-electron chi connectivity index (χ4n) is 2.50. The summed E-state index contributed by atoms with van der Waals surface area (Å²) in [5.41, 5.74) is 0.384. The molecule has 0 fully saturated rings. The second kappa shape index (κ2) is 10.7. The molecule has 1 aromatic heterocycles. The quantitative estimate of drug-likeness (QED) is 0.407. The summed E-state index contributed by atoms with van der Waals surface area (Å²) in [6, 6.07) is 11.8. The SMILES string of the molecule is COc1cc(NS(=O)(=O)c2ccc(NC(=O)COc3ccc(Br)cc3Cl)cc2)nc(OC)n1. The van der Waals surface area contributed by atoms with Crippen LogP contribution in [0.2, 0.25) is 5.02 Å². The molecule has 0 aliphatic heterocycles. The third kappa shape index (κ3) is 6.70. The van der Waals surface area contributed by atoms with Gasteiger partial charge in [0.1, 0.15) is 5.75 Å². The first kappa shape index (κ1) is 24.6. The molecule has 0 unspecified atom stereocenters. The Kier molecular flexibility index (Phi) is 7.95. The highest BCUT2D eigenvalue weighted by molar-refractivity contribution is 9.10. The number of benzene rings is 2. The number of methoxy groups -OCH3 is 2. The van der Waals surface area contributed by atoms with Crippen LogP contribution in [0.25, 0.3) is 0 Å². The second-order valence-electron chi connectivity index (χ2n) is 6.32. The van der Waals surface area contributed by atoms with E-state index in [2.05, 4.69) is 35.9 Å². The summed E-state index contributed by atoms with van der Waals surface area (Å²) in [6.45, 7) is -0.277. The van der Waals surface area contributed by atoms with E-state index in [1.54, 1.807) is 18.2 Å². The highest BCUT2D eigenvalue weighted by Crippen LogP contribution is 2.27. The Morgan fingerprint density at radius 3 is 2.42 bits per heavy atom. The number of rotatable bonds is 9. The van der Waals surface area contributed by atoms with Crippen LogP contribution in [0.1, 0.15) is 0 Å². The van der Waals surface area contributed by atoms with Crippen LogP contribution in [0.3, 0.4) is 0 Å². The number of hydrogen-bond donors (Lipinski definition) is 2. The van der Waals surface area contributed by atoms with Crippen molar-refractivity contribution in [2.24, 2.45) is 0 Å². The molecule has 0 atom stereocenters. The Hall–Kier alpha value is -3.09. The average Bonchev–Trinajstić information content (AvgIpc) is 2.78. The highest BCUT2D eigenvalue weighted by Gasteiger charge is 2.17. The standard InChI is InChI=1S/C20H18BrClN4O6S/c1-30-19-10-17(24-20(25-19)31-2)26-33(28,29)14-6-4-13(5-7-14)23-18(27)11-32-16-8-3-12(21)9-15(16)22/h3-10H,11H2,1-2H3,(H,23,27)(H,24,25,26). The van der Waals surface area contributed by atoms with Gasteiger partial charge in [-0.2, -0.15) is 9.97 Å². The fraction of sp³-hybridized carbons (Fsp3) is 0.150. The summed E-state index contributed by atoms with van der Waals surface area (Å²) >= 11 is 9.34. The number of hydrogen-bond acceptors (Lipinski definition) is 8. The summed E-state index contributed by atoms with van der Waals surface area (Å²) in [5.74, 6) is 0.0208. The van der Waals surface area contributed by atoms with E-state index in [1.165, 1.54) is 44.6 Å². The first-order valence-corrected chi connectivity index (χ1v) is 11.8. The first-order chi connectivity index (χ1) is 15.7. The van der Waals surface area contributed by atoms with Gasteiger partial charge in [0.25, 0.3) is 15.9 Å². The van der Waals surface area contributed by atoms with Crippen molar-refractivity contribution in [2.45, 2.75) is 4.90 Å². The van der Waals surface area contributed by atoms with Gasteiger partial charge in [-0.05, 0) is 42.5 Å². The van der Waals surface area contributed by atoms with Gasteiger partial charge in [0.15, 0.2) is 12.4 Å². The molecular formula is C20H18BrClN4O6S. The summed E-state index contributed by atoms with van der Waals surface area (Å²) in [6.07, 6.45) is 0. The number of ether oxygens (including phenoxy) is 3. The molecule has 0 spiro atoms. The van der Waals surface area contributed by atoms with Gasteiger partial charge in [-0.25, -0.2) is 8.42 Å². The maximum absolute atomic E-state index is 12.7. The molecule has 2 N–H and O–H groups in total. The molecular weight excluding hydrogens is 540 g/mol. The Morgan fingerprint density at radius 2 is 1.79 bits per heavy atom. The van der Waals surface area contributed by atoms with Crippen molar-refractivity contribution >= 4 is 55.0 Å². The first-order valence-electron chi connectivity index (χ1n) is 9.18. The van der Waals surface area contributed by atoms with E-state index in [1.807, 2.05) is 0 Å². The molecule has 2 aromatic carbocycles. The zero-order valence-electron chi connectivity index (χ0n) is 17.3. The van der Waals surface area contributed by atoms with Crippen molar-refractivity contribution in [1.29, 1.82) is 0 Å². The minimum absolute atomic E-state index is 0.0279. The van der Waals surface area contributed by atoms with Crippen molar-refractivity contribution in [3.63, 3.8) is 0 Å². The van der Waals surface area contributed by atoms with E-state index in [0.29, 0.717) is 16.5 Å². The number of amides is 1. The molecule has 0 aliphatic rings. The summed E-state index contributed by atoms with van der Waals surface area (Å²) in [7, 11) is -1.24. The van der Waals surface area contributed by atoms with E-state index >= 15 is 0 Å². The van der Waals surface area contributed by atoms with Crippen molar-refractivity contribution in [3.05, 3.63) is 58.0 Å². The summed E-state index contributed by atoms with van der Waals surface area (Å²) in [4.78, 5) is 19.9. The fourth-order valence-corrected chi connectivity index (χ4v) is 4.22. The molecule has 0 aliphatic carbocycles. The van der Waals surface area contributed by atoms with Gasteiger partial charge >= 0.3 is 6.01 Å². The molecule has 10 nitrogen and oxygen atoms in total. The lowest BCUT2D eigenvalue weighted by molar-refractivity contribution is -0.118. The number of nitrogens with one attached hydrogen (secondary N) is 2. The zero-order chi connectivity index (χ0) is 24.0. The van der Waals surface area contributed by atoms with Gasteiger partial charge in [0.05, 0.1) is 24.1 Å². The number of carbonyl (C=O) groups is 1. The Labute approximate surface area is 203 Å². The molecule has 3 aromatic rings. The Balaban J connectivity index is 1.63. The van der Waals surface area contributed by atoms with Crippen molar-refractivity contribution < 1.29 is 27.4 Å². The summed E-state index contributed by atoms with van der Waals surface area (Å²) < 4.78 is 43.8. The van der Waals surface area contributed by atoms with E-state index in [9.17, 15) is 13.2 Å². The van der Waals surface area contributed by atoms with E-state index in [4.69, 9.17) is 25.8 Å². The summed E-state index contributed by atoms with van der Waals surface area (Å²) in [5, 5.41) is 2.98. The monoisotopic (exact) mass is 556 g/mol. The van der Waals surface area contributed by atoms with E-state index < -0.39 is 15.9 Å². The number of halogens is 2. The Bertz CT molecular complexity index is 1240. The van der Waals surface area contributed by atoms with Crippen LogP contribution >= 0.6 is 27.5 Å². The number of anilines is 2. The highest BCUT2D eigenvalue weighted by atomic mass is 79.9. The zero-order valence-corrected chi connectivity index (χ0v) is 20.5. The topological polar surface area (TPSA) is 129 Å². The molecule has 1 amide bonds. The lowest BCUT2D eigenvalue weighted by Crippen LogP contribution is -2.20. The molecule has 3 rings (SSSR count). The third-order valence-electron chi connectivity index (χ3n) is 4.01. The smallest absolute Gasteiger partial charge is 0.321 e. The lowest BCUT2D eigenvalue weighted by atomic mass is 10.3. The minimum Gasteiger partial charge on any atom is -0.482 e. The van der Waals surface area contributed by atoms with Crippen LogP contribution in [0.5, 0.6) is 17.6 Å². The van der Waals surface area contributed by atoms with Gasteiger partial charge < -0.3 is 19.5 Å². The largest absolute Gasteiger partial charge is 0.482 e.